The van der Waals surface area contributed by atoms with Crippen molar-refractivity contribution in [3.05, 3.63) is 72.2 Å². The largest absolute Gasteiger partial charge is 0.421 e. The minimum Gasteiger partial charge on any atom is -0.421 e. The summed E-state index contributed by atoms with van der Waals surface area (Å²) in [4.78, 5) is 12.4. The van der Waals surface area contributed by atoms with Gasteiger partial charge in [0, 0.05) is 30.2 Å². The molecule has 2 heterocycles. The predicted octanol–water partition coefficient (Wildman–Crippen LogP) is 3.61. The van der Waals surface area contributed by atoms with Crippen molar-refractivity contribution in [1.82, 2.24) is 20.1 Å². The number of amides is 1. The highest BCUT2D eigenvalue weighted by Gasteiger charge is 2.11. The summed E-state index contributed by atoms with van der Waals surface area (Å²) in [6.45, 7) is 2.86. The Balaban J connectivity index is 1.44. The van der Waals surface area contributed by atoms with Gasteiger partial charge in [0.25, 0.3) is 0 Å². The van der Waals surface area contributed by atoms with Crippen molar-refractivity contribution in [2.75, 3.05) is 6.54 Å². The van der Waals surface area contributed by atoms with Gasteiger partial charge in [0.05, 0.1) is 0 Å². The molecule has 0 radical (unpaired) electrons. The quantitative estimate of drug-likeness (QED) is 0.536. The molecule has 0 saturated carbocycles. The minimum atomic E-state index is -0.00936. The summed E-state index contributed by atoms with van der Waals surface area (Å²) in [7, 11) is 0. The number of aryl methyl sites for hydroxylation is 1. The van der Waals surface area contributed by atoms with Crippen LogP contribution in [0.25, 0.3) is 22.4 Å². The van der Waals surface area contributed by atoms with Crippen molar-refractivity contribution in [1.29, 1.82) is 0 Å². The lowest BCUT2D eigenvalue weighted by molar-refractivity contribution is -0.121. The van der Waals surface area contributed by atoms with E-state index >= 15 is 0 Å². The summed E-state index contributed by atoms with van der Waals surface area (Å²) in [5, 5.41) is 12.2. The number of nitrogens with one attached hydrogen (secondary N) is 1. The molecule has 1 N–H and O–H groups in total. The fraction of sp³-hybridized carbons (Fsp3) is 0.227. The Morgan fingerprint density at radius 1 is 1.11 bits per heavy atom. The Hall–Kier alpha value is -3.41. The standard InChI is InChI=1S/C22H22N4O2/c1-2-21-24-25-22(28-21)18-9-8-17-11-13-26(19(17)14-18)15-20(27)23-12-10-16-6-4-3-5-7-16/h3-9,11,13-14H,2,10,12,15H2,1H3,(H,23,27). The molecule has 0 spiro atoms. The third-order valence-electron chi connectivity index (χ3n) is 4.68. The maximum Gasteiger partial charge on any atom is 0.247 e. The molecule has 4 rings (SSSR count). The average Bonchev–Trinajstić information content (AvgIpc) is 3.36. The summed E-state index contributed by atoms with van der Waals surface area (Å²) >= 11 is 0. The number of nitrogens with zero attached hydrogens (tertiary/aromatic N) is 3. The van der Waals surface area contributed by atoms with E-state index < -0.39 is 0 Å². The van der Waals surface area contributed by atoms with Crippen molar-refractivity contribution in [2.45, 2.75) is 26.3 Å². The molecule has 6 nitrogen and oxygen atoms in total. The Morgan fingerprint density at radius 3 is 2.75 bits per heavy atom. The van der Waals surface area contributed by atoms with Crippen LogP contribution >= 0.6 is 0 Å². The summed E-state index contributed by atoms with van der Waals surface area (Å²) < 4.78 is 7.59. The van der Waals surface area contributed by atoms with Gasteiger partial charge in [-0.25, -0.2) is 0 Å². The summed E-state index contributed by atoms with van der Waals surface area (Å²) in [6, 6.07) is 18.1. The van der Waals surface area contributed by atoms with E-state index in [2.05, 4.69) is 27.6 Å². The van der Waals surface area contributed by atoms with Gasteiger partial charge in [0.15, 0.2) is 0 Å². The lowest BCUT2D eigenvalue weighted by Gasteiger charge is -2.08. The van der Waals surface area contributed by atoms with Gasteiger partial charge in [0.2, 0.25) is 17.7 Å². The lowest BCUT2D eigenvalue weighted by atomic mass is 10.1. The van der Waals surface area contributed by atoms with Crippen LogP contribution in [-0.2, 0) is 24.2 Å². The molecule has 2 aromatic heterocycles. The van der Waals surface area contributed by atoms with E-state index in [4.69, 9.17) is 4.42 Å². The lowest BCUT2D eigenvalue weighted by Crippen LogP contribution is -2.29. The van der Waals surface area contributed by atoms with Crippen molar-refractivity contribution in [3.8, 4) is 11.5 Å². The highest BCUT2D eigenvalue weighted by atomic mass is 16.4. The third-order valence-corrected chi connectivity index (χ3v) is 4.68. The molecule has 2 aromatic carbocycles. The van der Waals surface area contributed by atoms with Crippen molar-refractivity contribution in [3.63, 3.8) is 0 Å². The number of carbonyl (C=O) groups excluding carboxylic acids is 1. The number of hydrogen-bond donors (Lipinski definition) is 1. The molecule has 0 fully saturated rings. The van der Waals surface area contributed by atoms with E-state index in [9.17, 15) is 4.79 Å². The Bertz CT molecular complexity index is 1080. The van der Waals surface area contributed by atoms with Crippen molar-refractivity contribution >= 4 is 16.8 Å². The van der Waals surface area contributed by atoms with Crippen LogP contribution < -0.4 is 5.32 Å². The number of aromatic nitrogens is 3. The van der Waals surface area contributed by atoms with Crippen molar-refractivity contribution < 1.29 is 9.21 Å². The van der Waals surface area contributed by atoms with E-state index in [1.54, 1.807) is 0 Å². The molecule has 0 aliphatic heterocycles. The first-order chi connectivity index (χ1) is 13.7. The first kappa shape index (κ1) is 18.0. The second-order valence-electron chi connectivity index (χ2n) is 6.66. The van der Waals surface area contributed by atoms with Crippen molar-refractivity contribution in [2.24, 2.45) is 0 Å². The van der Waals surface area contributed by atoms with E-state index in [1.165, 1.54) is 5.56 Å². The van der Waals surface area contributed by atoms with Crippen LogP contribution in [0.3, 0.4) is 0 Å². The number of hydrogen-bond acceptors (Lipinski definition) is 4. The van der Waals surface area contributed by atoms with Crippen LogP contribution in [0.2, 0.25) is 0 Å². The fourth-order valence-electron chi connectivity index (χ4n) is 3.17. The molecule has 0 unspecified atom stereocenters. The number of fused-ring (bicyclic) bond motifs is 1. The van der Waals surface area contributed by atoms with Crippen LogP contribution in [-0.4, -0.2) is 27.2 Å². The topological polar surface area (TPSA) is 73.0 Å². The summed E-state index contributed by atoms with van der Waals surface area (Å²) in [5.74, 6) is 1.10. The van der Waals surface area contributed by atoms with Gasteiger partial charge in [-0.3, -0.25) is 4.79 Å². The molecule has 4 aromatic rings. The molecule has 0 aliphatic rings. The monoisotopic (exact) mass is 374 g/mol. The second-order valence-corrected chi connectivity index (χ2v) is 6.66. The third kappa shape index (κ3) is 3.96. The van der Waals surface area contributed by atoms with Gasteiger partial charge in [0.1, 0.15) is 6.54 Å². The molecule has 1 amide bonds. The van der Waals surface area contributed by atoms with E-state index in [0.29, 0.717) is 24.7 Å². The van der Waals surface area contributed by atoms with Crippen LogP contribution in [0, 0.1) is 0 Å². The van der Waals surface area contributed by atoms with Gasteiger partial charge in [-0.15, -0.1) is 10.2 Å². The van der Waals surface area contributed by atoms with Gasteiger partial charge in [-0.1, -0.05) is 43.3 Å². The smallest absolute Gasteiger partial charge is 0.247 e. The SMILES string of the molecule is CCc1nnc(-c2ccc3ccn(CC(=O)NCCc4ccccc4)c3c2)o1. The molecule has 0 bridgehead atoms. The minimum absolute atomic E-state index is 0.00936. The van der Waals surface area contributed by atoms with Crippen LogP contribution in [0.1, 0.15) is 18.4 Å². The first-order valence-electron chi connectivity index (χ1n) is 9.45. The zero-order valence-electron chi connectivity index (χ0n) is 15.8. The highest BCUT2D eigenvalue weighted by Crippen LogP contribution is 2.24. The number of carbonyl (C=O) groups is 1. The normalized spacial score (nSPS) is 11.0. The molecule has 28 heavy (non-hydrogen) atoms. The van der Waals surface area contributed by atoms with Gasteiger partial charge in [-0.2, -0.15) is 0 Å². The fourth-order valence-corrected chi connectivity index (χ4v) is 3.17. The Morgan fingerprint density at radius 2 is 1.96 bits per heavy atom. The highest BCUT2D eigenvalue weighted by molar-refractivity contribution is 5.86. The van der Waals surface area contributed by atoms with Crippen LogP contribution in [0.5, 0.6) is 0 Å². The Kier molecular flexibility index (Phi) is 5.19. The molecular formula is C22H22N4O2. The number of rotatable bonds is 7. The average molecular weight is 374 g/mol. The predicted molar refractivity (Wildman–Crippen MR) is 108 cm³/mol. The van der Waals surface area contributed by atoms with Gasteiger partial charge in [-0.05, 0) is 35.6 Å². The zero-order chi connectivity index (χ0) is 19.3. The second kappa shape index (κ2) is 8.08. The molecule has 142 valence electrons. The zero-order valence-corrected chi connectivity index (χ0v) is 15.8. The maximum atomic E-state index is 12.4. The maximum absolute atomic E-state index is 12.4. The first-order valence-corrected chi connectivity index (χ1v) is 9.45. The molecule has 0 saturated heterocycles. The van der Waals surface area contributed by atoms with E-state index in [-0.39, 0.29) is 12.5 Å². The summed E-state index contributed by atoms with van der Waals surface area (Å²) in [6.07, 6.45) is 3.45. The van der Waals surface area contributed by atoms with E-state index in [0.717, 1.165) is 22.9 Å². The molecule has 0 atom stereocenters. The van der Waals surface area contributed by atoms with Gasteiger partial charge < -0.3 is 14.3 Å². The molecule has 6 heteroatoms. The van der Waals surface area contributed by atoms with Crippen LogP contribution in [0.15, 0.2) is 65.2 Å². The van der Waals surface area contributed by atoms with Crippen LogP contribution in [0.4, 0.5) is 0 Å². The molecule has 0 aliphatic carbocycles. The van der Waals surface area contributed by atoms with Gasteiger partial charge >= 0.3 is 0 Å². The number of benzene rings is 2. The van der Waals surface area contributed by atoms with E-state index in [1.807, 2.05) is 60.2 Å². The Labute approximate surface area is 163 Å². The molecular weight excluding hydrogens is 352 g/mol. The summed E-state index contributed by atoms with van der Waals surface area (Å²) in [5.41, 5.74) is 3.03.